The van der Waals surface area contributed by atoms with Gasteiger partial charge in [-0.1, -0.05) is 17.7 Å². The first-order chi connectivity index (χ1) is 16.8. The summed E-state index contributed by atoms with van der Waals surface area (Å²) in [5, 5.41) is 4.60. The monoisotopic (exact) mass is 501 g/mol. The molecule has 1 unspecified atom stereocenters. The van der Waals surface area contributed by atoms with Crippen molar-refractivity contribution in [1.82, 2.24) is 19.7 Å². The van der Waals surface area contributed by atoms with Crippen LogP contribution in [0.3, 0.4) is 0 Å². The fourth-order valence-electron chi connectivity index (χ4n) is 4.39. The van der Waals surface area contributed by atoms with Gasteiger partial charge in [0.05, 0.1) is 30.9 Å². The second-order valence-electron chi connectivity index (χ2n) is 8.75. The summed E-state index contributed by atoms with van der Waals surface area (Å²) in [6.45, 7) is 5.57. The summed E-state index contributed by atoms with van der Waals surface area (Å²) in [7, 11) is 1.40. The summed E-state index contributed by atoms with van der Waals surface area (Å²) in [6.07, 6.45) is 6.68. The lowest BCUT2D eigenvalue weighted by atomic mass is 10.0. The summed E-state index contributed by atoms with van der Waals surface area (Å²) in [6, 6.07) is 5.06. The second-order valence-corrected chi connectivity index (χ2v) is 9.13. The maximum absolute atomic E-state index is 14.0. The molecule has 35 heavy (non-hydrogen) atoms. The Morgan fingerprint density at radius 2 is 2.03 bits per heavy atom. The van der Waals surface area contributed by atoms with Crippen molar-refractivity contribution < 1.29 is 18.7 Å². The Morgan fingerprint density at radius 3 is 2.74 bits per heavy atom. The zero-order valence-electron chi connectivity index (χ0n) is 20.0. The van der Waals surface area contributed by atoms with Crippen molar-refractivity contribution in [3.8, 4) is 16.9 Å². The summed E-state index contributed by atoms with van der Waals surface area (Å²) < 4.78 is 26.8. The van der Waals surface area contributed by atoms with Gasteiger partial charge in [-0.25, -0.2) is 9.37 Å². The van der Waals surface area contributed by atoms with E-state index in [1.165, 1.54) is 13.2 Å². The Morgan fingerprint density at radius 1 is 1.29 bits per heavy atom. The number of pyridine rings is 1. The molecule has 0 spiro atoms. The molecule has 10 heteroatoms. The Balaban J connectivity index is 1.47. The van der Waals surface area contributed by atoms with Gasteiger partial charge in [0.25, 0.3) is 0 Å². The number of likely N-dealkylation sites (tertiary alicyclic amines) is 1. The minimum atomic E-state index is -0.532. The number of ether oxygens (including phenoxy) is 2. The third-order valence-corrected chi connectivity index (χ3v) is 6.77. The zero-order chi connectivity index (χ0) is 25.1. The predicted octanol–water partition coefficient (Wildman–Crippen LogP) is 4.58. The van der Waals surface area contributed by atoms with Crippen molar-refractivity contribution in [3.63, 3.8) is 0 Å². The molecule has 3 heterocycles. The van der Waals surface area contributed by atoms with E-state index in [1.807, 2.05) is 23.9 Å². The fraction of sp³-hybridized carbons (Fsp3) is 0.400. The molecule has 0 amide bonds. The van der Waals surface area contributed by atoms with Crippen LogP contribution < -0.4 is 10.5 Å². The van der Waals surface area contributed by atoms with E-state index in [0.29, 0.717) is 17.9 Å². The number of anilines is 1. The van der Waals surface area contributed by atoms with Gasteiger partial charge in [0.1, 0.15) is 11.9 Å². The summed E-state index contributed by atoms with van der Waals surface area (Å²) in [5.41, 5.74) is 9.16. The largest absolute Gasteiger partial charge is 0.482 e. The highest BCUT2D eigenvalue weighted by Crippen LogP contribution is 2.35. The molecule has 2 aromatic heterocycles. The van der Waals surface area contributed by atoms with Crippen LogP contribution in [0.4, 0.5) is 10.2 Å². The number of hydrogen-bond donors (Lipinski definition) is 1. The van der Waals surface area contributed by atoms with Crippen molar-refractivity contribution >= 4 is 23.4 Å². The first-order valence-electron chi connectivity index (χ1n) is 11.5. The molecule has 2 N–H and O–H groups in total. The van der Waals surface area contributed by atoms with Crippen molar-refractivity contribution in [1.29, 1.82) is 0 Å². The first kappa shape index (κ1) is 24.9. The SMILES string of the molecule is COC(=O)CN1CCC(n2cc(-c3cnc(N)c(OC(C)c4c(C)ccc(F)c4Cl)c3)cn2)CC1. The number of halogens is 2. The minimum absolute atomic E-state index is 0.0408. The average Bonchev–Trinajstić information content (AvgIpc) is 3.34. The van der Waals surface area contributed by atoms with Crippen LogP contribution in [0.2, 0.25) is 5.02 Å². The summed E-state index contributed by atoms with van der Waals surface area (Å²) >= 11 is 6.21. The smallest absolute Gasteiger partial charge is 0.319 e. The highest BCUT2D eigenvalue weighted by molar-refractivity contribution is 6.31. The fourth-order valence-corrected chi connectivity index (χ4v) is 4.76. The van der Waals surface area contributed by atoms with Gasteiger partial charge in [0, 0.05) is 42.2 Å². The van der Waals surface area contributed by atoms with Gasteiger partial charge in [-0.3, -0.25) is 14.4 Å². The Kier molecular flexibility index (Phi) is 7.57. The maximum Gasteiger partial charge on any atom is 0.319 e. The molecule has 1 aromatic carbocycles. The minimum Gasteiger partial charge on any atom is -0.482 e. The molecule has 0 aliphatic carbocycles. The number of aryl methyl sites for hydroxylation is 1. The van der Waals surface area contributed by atoms with E-state index in [2.05, 4.69) is 15.0 Å². The average molecular weight is 502 g/mol. The van der Waals surface area contributed by atoms with Gasteiger partial charge in [-0.05, 0) is 44.4 Å². The lowest BCUT2D eigenvalue weighted by Crippen LogP contribution is -2.38. The van der Waals surface area contributed by atoms with Gasteiger partial charge < -0.3 is 15.2 Å². The molecular weight excluding hydrogens is 473 g/mol. The third-order valence-electron chi connectivity index (χ3n) is 6.39. The summed E-state index contributed by atoms with van der Waals surface area (Å²) in [5.74, 6) is -0.0938. The Labute approximate surface area is 208 Å². The Hall–Kier alpha value is -3.17. The second kappa shape index (κ2) is 10.6. The molecule has 0 saturated carbocycles. The van der Waals surface area contributed by atoms with E-state index in [0.717, 1.165) is 42.6 Å². The normalized spacial score (nSPS) is 15.7. The molecule has 1 atom stereocenters. The molecule has 186 valence electrons. The molecule has 0 radical (unpaired) electrons. The summed E-state index contributed by atoms with van der Waals surface area (Å²) in [4.78, 5) is 17.9. The molecule has 0 bridgehead atoms. The van der Waals surface area contributed by atoms with Gasteiger partial charge in [-0.15, -0.1) is 0 Å². The van der Waals surface area contributed by atoms with Crippen molar-refractivity contribution in [2.45, 2.75) is 38.8 Å². The van der Waals surface area contributed by atoms with Crippen LogP contribution in [-0.4, -0.2) is 52.4 Å². The number of nitrogens with zero attached hydrogens (tertiary/aromatic N) is 4. The molecule has 1 fully saturated rings. The molecule has 1 aliphatic heterocycles. The van der Waals surface area contributed by atoms with Gasteiger partial charge in [0.2, 0.25) is 0 Å². The van der Waals surface area contributed by atoms with E-state index >= 15 is 0 Å². The van der Waals surface area contributed by atoms with Crippen LogP contribution in [0.5, 0.6) is 5.75 Å². The first-order valence-corrected chi connectivity index (χ1v) is 11.8. The van der Waals surface area contributed by atoms with Crippen molar-refractivity contribution in [3.05, 3.63) is 58.8 Å². The number of methoxy groups -OCH3 is 1. The molecule has 8 nitrogen and oxygen atoms in total. The standard InChI is InChI=1S/C25H29ClFN5O3/c1-15-4-5-20(27)24(26)23(15)16(2)35-21-10-17(11-29-25(21)28)18-12-30-32(13-18)19-6-8-31(9-7-19)14-22(33)34-3/h4-5,10-13,16,19H,6-9,14H2,1-3H3,(H2,28,29). The maximum atomic E-state index is 14.0. The molecule has 1 saturated heterocycles. The van der Waals surface area contributed by atoms with Gasteiger partial charge in [-0.2, -0.15) is 5.10 Å². The van der Waals surface area contributed by atoms with Crippen molar-refractivity contribution in [2.75, 3.05) is 32.5 Å². The van der Waals surface area contributed by atoms with Crippen LogP contribution in [0.1, 0.15) is 43.0 Å². The molecule has 4 rings (SSSR count). The van der Waals surface area contributed by atoms with Crippen LogP contribution >= 0.6 is 11.6 Å². The van der Waals surface area contributed by atoms with Crippen LogP contribution in [-0.2, 0) is 9.53 Å². The van der Waals surface area contributed by atoms with E-state index in [4.69, 9.17) is 26.8 Å². The van der Waals surface area contributed by atoms with E-state index in [1.54, 1.807) is 25.4 Å². The predicted molar refractivity (Wildman–Crippen MR) is 132 cm³/mol. The number of esters is 1. The van der Waals surface area contributed by atoms with E-state index in [9.17, 15) is 9.18 Å². The molecule has 3 aromatic rings. The highest BCUT2D eigenvalue weighted by Gasteiger charge is 2.23. The van der Waals surface area contributed by atoms with Crippen LogP contribution in [0.15, 0.2) is 36.8 Å². The third kappa shape index (κ3) is 5.57. The van der Waals surface area contributed by atoms with Crippen molar-refractivity contribution in [2.24, 2.45) is 0 Å². The number of nitrogen functional groups attached to an aromatic ring is 1. The number of nitrogens with two attached hydrogens (primary N) is 1. The number of carbonyl (C=O) groups is 1. The number of piperidine rings is 1. The number of rotatable bonds is 7. The van der Waals surface area contributed by atoms with E-state index < -0.39 is 11.9 Å². The quantitative estimate of drug-likeness (QED) is 0.473. The van der Waals surface area contributed by atoms with Gasteiger partial charge in [0.15, 0.2) is 11.6 Å². The van der Waals surface area contributed by atoms with Crippen LogP contribution in [0, 0.1) is 12.7 Å². The molecule has 1 aliphatic rings. The topological polar surface area (TPSA) is 95.5 Å². The zero-order valence-corrected chi connectivity index (χ0v) is 20.8. The number of benzene rings is 1. The molecular formula is C25H29ClFN5O3. The highest BCUT2D eigenvalue weighted by atomic mass is 35.5. The van der Waals surface area contributed by atoms with E-state index in [-0.39, 0.29) is 22.9 Å². The lowest BCUT2D eigenvalue weighted by Gasteiger charge is -2.31. The van der Waals surface area contributed by atoms with Gasteiger partial charge >= 0.3 is 5.97 Å². The number of aromatic nitrogens is 3. The number of hydrogen-bond acceptors (Lipinski definition) is 7. The lowest BCUT2D eigenvalue weighted by molar-refractivity contribution is -0.142. The van der Waals surface area contributed by atoms with Crippen LogP contribution in [0.25, 0.3) is 11.1 Å². The Bertz CT molecular complexity index is 1210. The number of carbonyl (C=O) groups excluding carboxylic acids is 1.